The van der Waals surface area contributed by atoms with Crippen LogP contribution in [0.15, 0.2) is 33.5 Å². The first-order chi connectivity index (χ1) is 14.3. The average molecular weight is 470 g/mol. The van der Waals surface area contributed by atoms with Gasteiger partial charge in [0.1, 0.15) is 6.54 Å². The molecule has 2 heterocycles. The summed E-state index contributed by atoms with van der Waals surface area (Å²) in [5, 5.41) is 10.6. The molecule has 1 aliphatic rings. The van der Waals surface area contributed by atoms with Gasteiger partial charge >= 0.3 is 6.03 Å². The van der Waals surface area contributed by atoms with E-state index in [1.165, 1.54) is 40.1 Å². The maximum Gasteiger partial charge on any atom is 0.334 e. The largest absolute Gasteiger partial charge is 0.334 e. The number of anilines is 1. The zero-order valence-electron chi connectivity index (χ0n) is 16.7. The number of aryl methyl sites for hydroxylation is 1. The molecule has 0 unspecified atom stereocenters. The number of sulfonamides is 1. The number of aromatic nitrogens is 2. The van der Waals surface area contributed by atoms with E-state index in [2.05, 4.69) is 15.5 Å². The predicted molar refractivity (Wildman–Crippen MR) is 116 cm³/mol. The number of benzene rings is 1. The molecule has 12 heteroatoms. The molecule has 0 bridgehead atoms. The highest BCUT2D eigenvalue weighted by Crippen LogP contribution is 2.25. The highest BCUT2D eigenvalue weighted by Gasteiger charge is 2.35. The molecule has 1 saturated heterocycles. The number of hydrogen-bond acceptors (Lipinski definition) is 8. The van der Waals surface area contributed by atoms with Crippen molar-refractivity contribution in [2.75, 3.05) is 30.7 Å². The third kappa shape index (κ3) is 5.29. The number of nitrogens with one attached hydrogen (secondary N) is 1. The summed E-state index contributed by atoms with van der Waals surface area (Å²) in [6, 6.07) is 5.49. The van der Waals surface area contributed by atoms with Crippen molar-refractivity contribution in [1.82, 2.24) is 19.4 Å². The Hall–Kier alpha value is -2.18. The SMILES string of the molecule is CCSc1nnc(NC(=O)CN(C(=O)N2CCCC2)S(=O)(=O)c2ccc(C)cc2)s1. The summed E-state index contributed by atoms with van der Waals surface area (Å²) >= 11 is 2.69. The van der Waals surface area contributed by atoms with Crippen LogP contribution in [0.1, 0.15) is 25.3 Å². The van der Waals surface area contributed by atoms with Gasteiger partial charge in [-0.05, 0) is 37.7 Å². The first-order valence-electron chi connectivity index (χ1n) is 9.45. The first-order valence-corrected chi connectivity index (χ1v) is 12.7. The summed E-state index contributed by atoms with van der Waals surface area (Å²) in [5.74, 6) is 0.164. The number of hydrogen-bond donors (Lipinski definition) is 1. The van der Waals surface area contributed by atoms with Gasteiger partial charge in [-0.3, -0.25) is 10.1 Å². The standard InChI is InChI=1S/C18H23N5O4S3/c1-3-28-17-21-20-16(29-17)19-15(24)12-23(18(25)22-10-4-5-11-22)30(26,27)14-8-6-13(2)7-9-14/h6-9H,3-5,10-12H2,1-2H3,(H,19,20,24). The van der Waals surface area contributed by atoms with E-state index in [9.17, 15) is 18.0 Å². The van der Waals surface area contributed by atoms with Gasteiger partial charge < -0.3 is 4.90 Å². The van der Waals surface area contributed by atoms with Gasteiger partial charge in [0.2, 0.25) is 11.0 Å². The van der Waals surface area contributed by atoms with E-state index in [-0.39, 0.29) is 10.0 Å². The number of likely N-dealkylation sites (tertiary alicyclic amines) is 1. The molecular formula is C18H23N5O4S3. The molecule has 2 aromatic rings. The van der Waals surface area contributed by atoms with Gasteiger partial charge in [0.25, 0.3) is 10.0 Å². The van der Waals surface area contributed by atoms with E-state index in [0.717, 1.165) is 24.2 Å². The molecule has 1 aromatic carbocycles. The minimum Gasteiger partial charge on any atom is -0.324 e. The summed E-state index contributed by atoms with van der Waals surface area (Å²) in [4.78, 5) is 27.0. The zero-order valence-corrected chi connectivity index (χ0v) is 19.1. The van der Waals surface area contributed by atoms with E-state index in [4.69, 9.17) is 0 Å². The third-order valence-electron chi connectivity index (χ3n) is 4.41. The van der Waals surface area contributed by atoms with Crippen LogP contribution in [0.2, 0.25) is 0 Å². The number of amides is 3. The number of urea groups is 1. The Balaban J connectivity index is 1.82. The molecular weight excluding hydrogens is 446 g/mol. The van der Waals surface area contributed by atoms with E-state index < -0.39 is 28.5 Å². The second-order valence-electron chi connectivity index (χ2n) is 6.66. The lowest BCUT2D eigenvalue weighted by atomic mass is 10.2. The molecule has 3 rings (SSSR count). The summed E-state index contributed by atoms with van der Waals surface area (Å²) in [5.41, 5.74) is 0.890. The van der Waals surface area contributed by atoms with Crippen molar-refractivity contribution in [2.45, 2.75) is 35.9 Å². The lowest BCUT2D eigenvalue weighted by molar-refractivity contribution is -0.116. The van der Waals surface area contributed by atoms with Gasteiger partial charge in [0.15, 0.2) is 4.34 Å². The molecule has 0 saturated carbocycles. The number of carbonyl (C=O) groups excluding carboxylic acids is 2. The molecule has 1 aliphatic heterocycles. The maximum atomic E-state index is 13.2. The smallest absolute Gasteiger partial charge is 0.324 e. The summed E-state index contributed by atoms with van der Waals surface area (Å²) in [6.07, 6.45) is 1.61. The summed E-state index contributed by atoms with van der Waals surface area (Å²) in [7, 11) is -4.20. The van der Waals surface area contributed by atoms with Crippen LogP contribution in [0, 0.1) is 6.92 Å². The van der Waals surface area contributed by atoms with E-state index in [1.807, 2.05) is 13.8 Å². The van der Waals surface area contributed by atoms with E-state index in [0.29, 0.717) is 21.7 Å². The Morgan fingerprint density at radius 3 is 2.50 bits per heavy atom. The average Bonchev–Trinajstić information content (AvgIpc) is 3.38. The van der Waals surface area contributed by atoms with Crippen molar-refractivity contribution in [2.24, 2.45) is 0 Å². The maximum absolute atomic E-state index is 13.2. The molecule has 9 nitrogen and oxygen atoms in total. The second-order valence-corrected chi connectivity index (χ2v) is 11.0. The van der Waals surface area contributed by atoms with Crippen molar-refractivity contribution >= 4 is 50.2 Å². The normalized spacial score (nSPS) is 14.0. The Labute approximate surface area is 183 Å². The van der Waals surface area contributed by atoms with Crippen LogP contribution >= 0.6 is 23.1 Å². The van der Waals surface area contributed by atoms with Gasteiger partial charge in [-0.1, -0.05) is 47.7 Å². The van der Waals surface area contributed by atoms with Crippen molar-refractivity contribution < 1.29 is 18.0 Å². The highest BCUT2D eigenvalue weighted by molar-refractivity contribution is 8.01. The molecule has 162 valence electrons. The molecule has 30 heavy (non-hydrogen) atoms. The Bertz CT molecular complexity index is 1000. The quantitative estimate of drug-likeness (QED) is 0.490. The van der Waals surface area contributed by atoms with Crippen molar-refractivity contribution in [3.05, 3.63) is 29.8 Å². The van der Waals surface area contributed by atoms with Crippen molar-refractivity contribution in [3.63, 3.8) is 0 Å². The lowest BCUT2D eigenvalue weighted by Gasteiger charge is -2.26. The third-order valence-corrected chi connectivity index (χ3v) is 7.99. The van der Waals surface area contributed by atoms with Crippen molar-refractivity contribution in [3.8, 4) is 0 Å². The molecule has 1 aromatic heterocycles. The zero-order chi connectivity index (χ0) is 21.7. The van der Waals surface area contributed by atoms with E-state index in [1.54, 1.807) is 12.1 Å². The topological polar surface area (TPSA) is 113 Å². The van der Waals surface area contributed by atoms with Gasteiger partial charge in [-0.15, -0.1) is 10.2 Å². The fourth-order valence-corrected chi connectivity index (χ4v) is 5.90. The van der Waals surface area contributed by atoms with Gasteiger partial charge in [0, 0.05) is 13.1 Å². The minimum atomic E-state index is -4.20. The molecule has 1 fully saturated rings. The van der Waals surface area contributed by atoms with Crippen LogP contribution in [0.3, 0.4) is 0 Å². The molecule has 3 amide bonds. The minimum absolute atomic E-state index is 0.0361. The summed E-state index contributed by atoms with van der Waals surface area (Å²) in [6.45, 7) is 4.11. The Kier molecular flexibility index (Phi) is 7.32. The van der Waals surface area contributed by atoms with Gasteiger partial charge in [-0.25, -0.2) is 17.5 Å². The van der Waals surface area contributed by atoms with Gasteiger partial charge in [-0.2, -0.15) is 0 Å². The fourth-order valence-electron chi connectivity index (χ4n) is 2.89. The first kappa shape index (κ1) is 22.5. The number of nitrogens with zero attached hydrogens (tertiary/aromatic N) is 4. The van der Waals surface area contributed by atoms with Crippen LogP contribution in [0.25, 0.3) is 0 Å². The number of thioether (sulfide) groups is 1. The monoisotopic (exact) mass is 469 g/mol. The molecule has 0 atom stereocenters. The fraction of sp³-hybridized carbons (Fsp3) is 0.444. The molecule has 0 spiro atoms. The van der Waals surface area contributed by atoms with Crippen LogP contribution in [0.4, 0.5) is 9.93 Å². The predicted octanol–water partition coefficient (Wildman–Crippen LogP) is 2.80. The van der Waals surface area contributed by atoms with Crippen LogP contribution < -0.4 is 5.32 Å². The van der Waals surface area contributed by atoms with E-state index >= 15 is 0 Å². The van der Waals surface area contributed by atoms with Crippen molar-refractivity contribution in [1.29, 1.82) is 0 Å². The van der Waals surface area contributed by atoms with Crippen LogP contribution in [0.5, 0.6) is 0 Å². The lowest BCUT2D eigenvalue weighted by Crippen LogP contribution is -2.48. The molecule has 1 N–H and O–H groups in total. The van der Waals surface area contributed by atoms with Crippen LogP contribution in [-0.2, 0) is 14.8 Å². The van der Waals surface area contributed by atoms with Gasteiger partial charge in [0.05, 0.1) is 4.90 Å². The highest BCUT2D eigenvalue weighted by atomic mass is 32.2. The Morgan fingerprint density at radius 1 is 1.20 bits per heavy atom. The summed E-state index contributed by atoms with van der Waals surface area (Å²) < 4.78 is 27.7. The Morgan fingerprint density at radius 2 is 1.87 bits per heavy atom. The second kappa shape index (κ2) is 9.75. The molecule has 0 radical (unpaired) electrons. The molecule has 0 aliphatic carbocycles. The number of rotatable bonds is 7. The number of carbonyl (C=O) groups is 2. The van der Waals surface area contributed by atoms with Crippen LogP contribution in [-0.4, -0.2) is 65.1 Å².